The van der Waals surface area contributed by atoms with Crippen molar-refractivity contribution < 1.29 is 19.2 Å². The minimum atomic E-state index is -3.81. The first-order valence-corrected chi connectivity index (χ1v) is 12.6. The fraction of sp³-hybridized carbons (Fsp3) is 0.500. The summed E-state index contributed by atoms with van der Waals surface area (Å²) in [5.41, 5.74) is 1.65. The van der Waals surface area contributed by atoms with Crippen LogP contribution in [0.5, 0.6) is 0 Å². The monoisotopic (exact) mass is 478 g/mol. The van der Waals surface area contributed by atoms with Crippen molar-refractivity contribution in [3.63, 3.8) is 0 Å². The minimum absolute atomic E-state index is 0.00321. The maximum atomic E-state index is 13.1. The van der Waals surface area contributed by atoms with Crippen molar-refractivity contribution in [1.82, 2.24) is 9.71 Å². The van der Waals surface area contributed by atoms with E-state index >= 15 is 0 Å². The van der Waals surface area contributed by atoms with E-state index in [2.05, 4.69) is 15.8 Å². The van der Waals surface area contributed by atoms with Crippen molar-refractivity contribution in [1.29, 1.82) is 10.0 Å². The minimum Gasteiger partial charge on any atom is -0.390 e. The Morgan fingerprint density at radius 2 is 1.81 bits per heavy atom. The number of aliphatic hydroxyl groups is 2. The third-order valence-electron chi connectivity index (χ3n) is 4.88. The van der Waals surface area contributed by atoms with Gasteiger partial charge >= 0.3 is 0 Å². The number of carbonyl (C=O) groups is 1. The van der Waals surface area contributed by atoms with Crippen molar-refractivity contribution in [3.8, 4) is 6.07 Å². The van der Waals surface area contributed by atoms with Gasteiger partial charge in [0.25, 0.3) is 0 Å². The Bertz CT molecular complexity index is 1120. The summed E-state index contributed by atoms with van der Waals surface area (Å²) >= 11 is 0.832. The number of aromatic nitrogens is 1. The van der Waals surface area contributed by atoms with E-state index in [0.29, 0.717) is 5.56 Å². The van der Waals surface area contributed by atoms with Crippen LogP contribution in [0.4, 0.5) is 0 Å². The number of hydrogen-bond acceptors (Lipinski definition) is 8. The highest BCUT2D eigenvalue weighted by Gasteiger charge is 2.29. The molecular formula is C22H30N4O4S2. The van der Waals surface area contributed by atoms with Crippen LogP contribution in [-0.4, -0.2) is 25.3 Å². The number of nitrogens with zero attached hydrogens (tertiary/aromatic N) is 2. The summed E-state index contributed by atoms with van der Waals surface area (Å²) in [6.45, 7) is 10.3. The average molecular weight is 479 g/mol. The molecule has 0 saturated carbocycles. The predicted octanol–water partition coefficient (Wildman–Crippen LogP) is 3.66. The van der Waals surface area contributed by atoms with Gasteiger partial charge in [-0.1, -0.05) is 27.7 Å². The van der Waals surface area contributed by atoms with Gasteiger partial charge in [0, 0.05) is 0 Å². The zero-order valence-electron chi connectivity index (χ0n) is 19.1. The largest absolute Gasteiger partial charge is 0.390 e. The van der Waals surface area contributed by atoms with E-state index < -0.39 is 28.0 Å². The smallest absolute Gasteiger partial charge is 0.236 e. The van der Waals surface area contributed by atoms with Gasteiger partial charge in [-0.05, 0) is 54.5 Å². The fourth-order valence-corrected chi connectivity index (χ4v) is 5.91. The van der Waals surface area contributed by atoms with Crippen LogP contribution in [0.3, 0.4) is 0 Å². The molecule has 8 nitrogen and oxygen atoms in total. The summed E-state index contributed by atoms with van der Waals surface area (Å²) in [6, 6.07) is 5.69. The lowest BCUT2D eigenvalue weighted by molar-refractivity contribution is -0.118. The van der Waals surface area contributed by atoms with E-state index in [0.717, 1.165) is 28.0 Å². The van der Waals surface area contributed by atoms with Crippen LogP contribution < -0.4 is 4.72 Å². The Morgan fingerprint density at radius 1 is 1.28 bits per heavy atom. The molecule has 2 aromatic rings. The summed E-state index contributed by atoms with van der Waals surface area (Å²) in [4.78, 5) is 17.0. The van der Waals surface area contributed by atoms with Crippen molar-refractivity contribution in [2.75, 3.05) is 0 Å². The highest BCUT2D eigenvalue weighted by Crippen LogP contribution is 2.32. The SMILES string of the molecule is CC(C)c1cc(C#N)cc(C(C)C)c1CC(=O)NS(=N)(=O)c1sc(C(C)(C)O)nc1CO. The molecule has 1 unspecified atom stereocenters. The Morgan fingerprint density at radius 3 is 2.22 bits per heavy atom. The van der Waals surface area contributed by atoms with Gasteiger partial charge in [0.05, 0.1) is 30.4 Å². The molecule has 174 valence electrons. The van der Waals surface area contributed by atoms with E-state index in [-0.39, 0.29) is 33.2 Å². The van der Waals surface area contributed by atoms with Crippen LogP contribution in [0.15, 0.2) is 16.3 Å². The first kappa shape index (κ1) is 25.9. The predicted molar refractivity (Wildman–Crippen MR) is 124 cm³/mol. The molecule has 1 aromatic heterocycles. The molecule has 2 rings (SSSR count). The molecule has 0 aliphatic carbocycles. The van der Waals surface area contributed by atoms with Gasteiger partial charge in [0.1, 0.15) is 14.8 Å². The lowest BCUT2D eigenvalue weighted by atomic mass is 9.85. The molecule has 0 aliphatic rings. The van der Waals surface area contributed by atoms with E-state index in [9.17, 15) is 24.5 Å². The van der Waals surface area contributed by atoms with Crippen LogP contribution in [0.25, 0.3) is 0 Å². The van der Waals surface area contributed by atoms with E-state index in [1.54, 1.807) is 12.1 Å². The first-order chi connectivity index (χ1) is 14.7. The average Bonchev–Trinajstić information content (AvgIpc) is 3.13. The van der Waals surface area contributed by atoms with Gasteiger partial charge in [-0.2, -0.15) is 5.26 Å². The molecule has 4 N–H and O–H groups in total. The van der Waals surface area contributed by atoms with Crippen LogP contribution in [0, 0.1) is 16.1 Å². The molecule has 0 bridgehead atoms. The van der Waals surface area contributed by atoms with Gasteiger partial charge in [-0.25, -0.2) is 14.0 Å². The quantitative estimate of drug-likeness (QED) is 0.455. The molecular weight excluding hydrogens is 448 g/mol. The third kappa shape index (κ3) is 5.72. The highest BCUT2D eigenvalue weighted by molar-refractivity contribution is 7.93. The third-order valence-corrected chi connectivity index (χ3v) is 8.31. The van der Waals surface area contributed by atoms with Gasteiger partial charge in [-0.3, -0.25) is 9.52 Å². The molecule has 0 fully saturated rings. The Balaban J connectivity index is 2.43. The Labute approximate surface area is 193 Å². The topological polar surface area (TPSA) is 147 Å². The van der Waals surface area contributed by atoms with Gasteiger partial charge in [-0.15, -0.1) is 11.3 Å². The molecule has 0 radical (unpaired) electrons. The summed E-state index contributed by atoms with van der Waals surface area (Å²) in [7, 11) is -3.81. The van der Waals surface area contributed by atoms with Crippen molar-refractivity contribution in [2.45, 2.75) is 76.2 Å². The molecule has 0 spiro atoms. The molecule has 10 heteroatoms. The van der Waals surface area contributed by atoms with Crippen LogP contribution in [0.1, 0.15) is 86.3 Å². The summed E-state index contributed by atoms with van der Waals surface area (Å²) in [5.74, 6) is -0.498. The summed E-state index contributed by atoms with van der Waals surface area (Å²) < 4.78 is 23.6. The number of nitrogens with one attached hydrogen (secondary N) is 2. The Hall–Kier alpha value is -2.32. The normalized spacial score (nSPS) is 13.8. The molecule has 1 heterocycles. The first-order valence-electron chi connectivity index (χ1n) is 10.2. The van der Waals surface area contributed by atoms with Gasteiger partial charge in [0.15, 0.2) is 9.92 Å². The van der Waals surface area contributed by atoms with E-state index in [1.165, 1.54) is 13.8 Å². The summed E-state index contributed by atoms with van der Waals surface area (Å²) in [6.07, 6.45) is -0.103. The fourth-order valence-electron chi connectivity index (χ4n) is 3.34. The maximum Gasteiger partial charge on any atom is 0.236 e. The second-order valence-corrected chi connectivity index (χ2v) is 11.8. The standard InChI is InChI=1S/C22H30N4O4S2/c1-12(2)15-7-14(10-23)8-16(13(3)4)17(15)9-19(28)26-32(24,30)20-18(11-27)25-21(31-20)22(5,6)29/h7-8,12-13,27,29H,9,11H2,1-6H3,(H2,24,26,28,30). The van der Waals surface area contributed by atoms with Gasteiger partial charge < -0.3 is 10.2 Å². The number of carbonyl (C=O) groups excluding carboxylic acids is 1. The molecule has 1 amide bonds. The highest BCUT2D eigenvalue weighted by atomic mass is 32.2. The number of rotatable bonds is 8. The molecule has 32 heavy (non-hydrogen) atoms. The molecule has 1 atom stereocenters. The van der Waals surface area contributed by atoms with Crippen molar-refractivity contribution in [3.05, 3.63) is 45.1 Å². The maximum absolute atomic E-state index is 13.1. The lowest BCUT2D eigenvalue weighted by Crippen LogP contribution is -2.31. The number of nitriles is 1. The molecule has 1 aromatic carbocycles. The molecule has 0 aliphatic heterocycles. The Kier molecular flexibility index (Phi) is 7.83. The zero-order chi connectivity index (χ0) is 24.4. The number of aliphatic hydroxyl groups excluding tert-OH is 1. The molecule has 0 saturated heterocycles. The number of thiazole rings is 1. The number of amides is 1. The van der Waals surface area contributed by atoms with E-state index in [4.69, 9.17) is 4.78 Å². The lowest BCUT2D eigenvalue weighted by Gasteiger charge is -2.20. The second kappa shape index (κ2) is 9.67. The van der Waals surface area contributed by atoms with Gasteiger partial charge in [0.2, 0.25) is 5.91 Å². The summed E-state index contributed by atoms with van der Waals surface area (Å²) in [5, 5.41) is 29.3. The second-order valence-electron chi connectivity index (χ2n) is 8.78. The van der Waals surface area contributed by atoms with Crippen LogP contribution in [0.2, 0.25) is 0 Å². The van der Waals surface area contributed by atoms with E-state index in [1.807, 2.05) is 27.7 Å². The van der Waals surface area contributed by atoms with Crippen molar-refractivity contribution in [2.24, 2.45) is 0 Å². The van der Waals surface area contributed by atoms with Crippen LogP contribution in [-0.2, 0) is 33.3 Å². The van der Waals surface area contributed by atoms with Crippen molar-refractivity contribution >= 4 is 27.2 Å². The zero-order valence-corrected chi connectivity index (χ0v) is 20.8. The number of hydrogen-bond donors (Lipinski definition) is 4. The number of benzene rings is 1. The van der Waals surface area contributed by atoms with Crippen LogP contribution >= 0.6 is 11.3 Å².